The maximum Gasteiger partial charge on any atom is 0.327 e. The number of amides is 4. The van der Waals surface area contributed by atoms with Gasteiger partial charge in [0, 0.05) is 18.3 Å². The molecule has 2 aromatic rings. The number of carbonyl (C=O) groups is 4. The van der Waals surface area contributed by atoms with Crippen molar-refractivity contribution in [2.75, 3.05) is 25.5 Å². The van der Waals surface area contributed by atoms with Crippen LogP contribution in [0.4, 0.5) is 10.5 Å². The van der Waals surface area contributed by atoms with E-state index in [-0.39, 0.29) is 6.54 Å². The van der Waals surface area contributed by atoms with Crippen LogP contribution < -0.4 is 5.32 Å². The second kappa shape index (κ2) is 8.55. The SMILES string of the molecule is C[C@H](OC(=O)CN1C(=O)CN(C)C1=O)C(=O)Nc1ccccc1-c1ccccc1. The predicted molar refractivity (Wildman–Crippen MR) is 106 cm³/mol. The van der Waals surface area contributed by atoms with E-state index in [0.717, 1.165) is 16.0 Å². The molecule has 3 rings (SSSR count). The summed E-state index contributed by atoms with van der Waals surface area (Å²) in [5, 5.41) is 2.76. The molecule has 1 aliphatic rings. The largest absolute Gasteiger partial charge is 0.451 e. The fourth-order valence-corrected chi connectivity index (χ4v) is 2.94. The van der Waals surface area contributed by atoms with Gasteiger partial charge in [-0.25, -0.2) is 4.79 Å². The second-order valence-corrected chi connectivity index (χ2v) is 6.65. The van der Waals surface area contributed by atoms with Gasteiger partial charge in [-0.2, -0.15) is 0 Å². The maximum absolute atomic E-state index is 12.5. The molecule has 150 valence electrons. The van der Waals surface area contributed by atoms with E-state index in [0.29, 0.717) is 5.69 Å². The highest BCUT2D eigenvalue weighted by atomic mass is 16.5. The lowest BCUT2D eigenvalue weighted by Crippen LogP contribution is -2.39. The summed E-state index contributed by atoms with van der Waals surface area (Å²) in [4.78, 5) is 50.2. The molecule has 8 nitrogen and oxygen atoms in total. The lowest BCUT2D eigenvalue weighted by Gasteiger charge is -2.17. The molecular formula is C21H21N3O5. The number of imide groups is 1. The molecular weight excluding hydrogens is 374 g/mol. The Morgan fingerprint density at radius 1 is 1.07 bits per heavy atom. The summed E-state index contributed by atoms with van der Waals surface area (Å²) < 4.78 is 5.11. The predicted octanol–water partition coefficient (Wildman–Crippen LogP) is 2.12. The topological polar surface area (TPSA) is 96.0 Å². The van der Waals surface area contributed by atoms with Gasteiger partial charge in [0.1, 0.15) is 13.1 Å². The standard InChI is InChI=1S/C21H21N3O5/c1-14(29-19(26)13-24-18(25)12-23(2)21(24)28)20(27)22-17-11-7-6-10-16(17)15-8-4-3-5-9-15/h3-11,14H,12-13H2,1-2H3,(H,22,27)/t14-/m0/s1. The first kappa shape index (κ1) is 20.1. The average Bonchev–Trinajstić information content (AvgIpc) is 2.95. The quantitative estimate of drug-likeness (QED) is 0.597. The Kier molecular flexibility index (Phi) is 5.92. The molecule has 0 bridgehead atoms. The number of hydrogen-bond donors (Lipinski definition) is 1. The normalized spacial score (nSPS) is 14.7. The fourth-order valence-electron chi connectivity index (χ4n) is 2.94. The van der Waals surface area contributed by atoms with Gasteiger partial charge in [0.05, 0.1) is 0 Å². The Morgan fingerprint density at radius 3 is 2.38 bits per heavy atom. The molecule has 1 saturated heterocycles. The molecule has 1 aliphatic heterocycles. The number of ether oxygens (including phenoxy) is 1. The third-order valence-electron chi connectivity index (χ3n) is 4.47. The zero-order valence-electron chi connectivity index (χ0n) is 16.1. The van der Waals surface area contributed by atoms with Gasteiger partial charge in [0.2, 0.25) is 0 Å². The first-order valence-electron chi connectivity index (χ1n) is 9.07. The van der Waals surface area contributed by atoms with Crippen molar-refractivity contribution in [3.8, 4) is 11.1 Å². The van der Waals surface area contributed by atoms with E-state index < -0.39 is 36.5 Å². The number of nitrogens with zero attached hydrogens (tertiary/aromatic N) is 2. The fraction of sp³-hybridized carbons (Fsp3) is 0.238. The number of esters is 1. The van der Waals surface area contributed by atoms with E-state index in [1.54, 1.807) is 12.1 Å². The van der Waals surface area contributed by atoms with Gasteiger partial charge >= 0.3 is 12.0 Å². The van der Waals surface area contributed by atoms with E-state index in [4.69, 9.17) is 4.74 Å². The van der Waals surface area contributed by atoms with Crippen LogP contribution in [0.15, 0.2) is 54.6 Å². The van der Waals surface area contributed by atoms with Gasteiger partial charge in [0.15, 0.2) is 6.10 Å². The summed E-state index contributed by atoms with van der Waals surface area (Å²) in [5.74, 6) is -1.83. The molecule has 0 aliphatic carbocycles. The molecule has 1 fully saturated rings. The van der Waals surface area contributed by atoms with Gasteiger partial charge in [0.25, 0.3) is 11.8 Å². The van der Waals surface area contributed by atoms with Crippen molar-refractivity contribution in [2.45, 2.75) is 13.0 Å². The summed E-state index contributed by atoms with van der Waals surface area (Å²) in [6.45, 7) is 0.816. The van der Waals surface area contributed by atoms with E-state index in [1.165, 1.54) is 18.9 Å². The molecule has 1 N–H and O–H groups in total. The highest BCUT2D eigenvalue weighted by Crippen LogP contribution is 2.27. The van der Waals surface area contributed by atoms with Crippen LogP contribution in [0, 0.1) is 0 Å². The minimum atomic E-state index is -1.10. The smallest absolute Gasteiger partial charge is 0.327 e. The summed E-state index contributed by atoms with van der Waals surface area (Å²) in [6.07, 6.45) is -1.10. The van der Waals surface area contributed by atoms with Crippen molar-refractivity contribution < 1.29 is 23.9 Å². The van der Waals surface area contributed by atoms with Gasteiger partial charge in [-0.05, 0) is 18.6 Å². The molecule has 2 aromatic carbocycles. The average molecular weight is 395 g/mol. The van der Waals surface area contributed by atoms with E-state index in [9.17, 15) is 19.2 Å². The Morgan fingerprint density at radius 2 is 1.72 bits per heavy atom. The monoisotopic (exact) mass is 395 g/mol. The summed E-state index contributed by atoms with van der Waals surface area (Å²) in [5.41, 5.74) is 2.35. The van der Waals surface area contributed by atoms with Gasteiger partial charge in [-0.15, -0.1) is 0 Å². The zero-order chi connectivity index (χ0) is 21.0. The first-order valence-corrected chi connectivity index (χ1v) is 9.07. The lowest BCUT2D eigenvalue weighted by atomic mass is 10.0. The van der Waals surface area contributed by atoms with Crippen LogP contribution in [0.5, 0.6) is 0 Å². The van der Waals surface area contributed by atoms with Crippen molar-refractivity contribution in [2.24, 2.45) is 0 Å². The van der Waals surface area contributed by atoms with Crippen LogP contribution in [0.3, 0.4) is 0 Å². The number of para-hydroxylation sites is 1. The van der Waals surface area contributed by atoms with Crippen LogP contribution in [0.2, 0.25) is 0 Å². The number of rotatable bonds is 6. The molecule has 0 saturated carbocycles. The third kappa shape index (κ3) is 4.60. The highest BCUT2D eigenvalue weighted by Gasteiger charge is 2.35. The molecule has 1 atom stereocenters. The number of urea groups is 1. The van der Waals surface area contributed by atoms with Crippen molar-refractivity contribution in [1.29, 1.82) is 0 Å². The van der Waals surface area contributed by atoms with E-state index in [1.807, 2.05) is 42.5 Å². The number of carbonyl (C=O) groups excluding carboxylic acids is 4. The maximum atomic E-state index is 12.5. The number of likely N-dealkylation sites (N-methyl/N-ethyl adjacent to an activating group) is 1. The van der Waals surface area contributed by atoms with Crippen molar-refractivity contribution in [3.05, 3.63) is 54.6 Å². The van der Waals surface area contributed by atoms with E-state index >= 15 is 0 Å². The van der Waals surface area contributed by atoms with Gasteiger partial charge in [-0.3, -0.25) is 19.3 Å². The Bertz CT molecular complexity index is 944. The summed E-state index contributed by atoms with van der Waals surface area (Å²) in [6, 6.07) is 16.3. The van der Waals surface area contributed by atoms with Crippen LogP contribution >= 0.6 is 0 Å². The summed E-state index contributed by atoms with van der Waals surface area (Å²) >= 11 is 0. The van der Waals surface area contributed by atoms with Crippen LogP contribution in [0.25, 0.3) is 11.1 Å². The highest BCUT2D eigenvalue weighted by molar-refractivity contribution is 6.04. The van der Waals surface area contributed by atoms with Crippen LogP contribution in [-0.2, 0) is 19.1 Å². The minimum Gasteiger partial charge on any atom is -0.451 e. The second-order valence-electron chi connectivity index (χ2n) is 6.65. The first-order chi connectivity index (χ1) is 13.9. The van der Waals surface area contributed by atoms with E-state index in [2.05, 4.69) is 5.32 Å². The summed E-state index contributed by atoms with van der Waals surface area (Å²) in [7, 11) is 1.46. The lowest BCUT2D eigenvalue weighted by molar-refractivity contribution is -0.154. The van der Waals surface area contributed by atoms with Crippen LogP contribution in [0.1, 0.15) is 6.92 Å². The molecule has 4 amide bonds. The Balaban J connectivity index is 1.62. The van der Waals surface area contributed by atoms with Gasteiger partial charge < -0.3 is 15.0 Å². The number of benzene rings is 2. The molecule has 29 heavy (non-hydrogen) atoms. The van der Waals surface area contributed by atoms with Crippen molar-refractivity contribution >= 4 is 29.5 Å². The third-order valence-corrected chi connectivity index (χ3v) is 4.47. The molecule has 1 heterocycles. The number of hydrogen-bond acceptors (Lipinski definition) is 5. The Labute approximate surface area is 168 Å². The molecule has 8 heteroatoms. The molecule has 0 unspecified atom stereocenters. The van der Waals surface area contributed by atoms with Crippen LogP contribution in [-0.4, -0.2) is 59.9 Å². The number of anilines is 1. The molecule has 0 aromatic heterocycles. The van der Waals surface area contributed by atoms with Crippen molar-refractivity contribution in [3.63, 3.8) is 0 Å². The molecule has 0 radical (unpaired) electrons. The van der Waals surface area contributed by atoms with Crippen molar-refractivity contribution in [1.82, 2.24) is 9.80 Å². The molecule has 0 spiro atoms. The zero-order valence-corrected chi connectivity index (χ0v) is 16.1. The minimum absolute atomic E-state index is 0.0849. The van der Waals surface area contributed by atoms with Gasteiger partial charge in [-0.1, -0.05) is 48.5 Å². The Hall–Kier alpha value is -3.68. The number of nitrogens with one attached hydrogen (secondary N) is 1.